The number of hydrogen-bond donors (Lipinski definition) is 2. The van der Waals surface area contributed by atoms with E-state index >= 15 is 0 Å². The lowest BCUT2D eigenvalue weighted by atomic mass is 10.4. The third-order valence-corrected chi connectivity index (χ3v) is 1.36. The van der Waals surface area contributed by atoms with E-state index in [9.17, 15) is 4.79 Å². The molecule has 0 aliphatic rings. The van der Waals surface area contributed by atoms with E-state index in [1.807, 2.05) is 0 Å². The molecule has 0 aromatic carbocycles. The van der Waals surface area contributed by atoms with Crippen molar-refractivity contribution in [2.24, 2.45) is 0 Å². The van der Waals surface area contributed by atoms with Crippen LogP contribution in [-0.2, 0) is 14.3 Å². The minimum Gasteiger partial charge on any atom is -0.460 e. The molecule has 0 aliphatic carbocycles. The molecule has 0 amide bonds. The van der Waals surface area contributed by atoms with Crippen molar-refractivity contribution in [1.82, 2.24) is 0 Å². The second kappa shape index (κ2) is 8.68. The Morgan fingerprint density at radius 1 is 1.50 bits per heavy atom. The maximum absolute atomic E-state index is 10.8. The lowest BCUT2D eigenvalue weighted by molar-refractivity contribution is -0.143. The number of aliphatic hydroxyl groups excluding tert-OH is 2. The van der Waals surface area contributed by atoms with Gasteiger partial charge in [-0.2, -0.15) is 0 Å². The van der Waals surface area contributed by atoms with E-state index in [2.05, 4.69) is 0 Å². The molecule has 0 saturated carbocycles. The van der Waals surface area contributed by atoms with E-state index in [0.717, 1.165) is 0 Å². The van der Waals surface area contributed by atoms with Gasteiger partial charge in [-0.15, -0.1) is 0 Å². The van der Waals surface area contributed by atoms with Gasteiger partial charge in [-0.25, -0.2) is 4.79 Å². The van der Waals surface area contributed by atoms with Gasteiger partial charge in [0.1, 0.15) is 12.7 Å². The number of hydrogen-bond acceptors (Lipinski definition) is 5. The fourth-order valence-corrected chi connectivity index (χ4v) is 0.732. The van der Waals surface area contributed by atoms with Crippen LogP contribution in [0.4, 0.5) is 0 Å². The molecule has 5 nitrogen and oxygen atoms in total. The topological polar surface area (TPSA) is 76.0 Å². The largest absolute Gasteiger partial charge is 0.460 e. The van der Waals surface area contributed by atoms with Crippen molar-refractivity contribution in [2.45, 2.75) is 13.0 Å². The molecule has 0 radical (unpaired) electrons. The van der Waals surface area contributed by atoms with E-state index in [0.29, 0.717) is 0 Å². The van der Waals surface area contributed by atoms with Crippen molar-refractivity contribution in [3.8, 4) is 0 Å². The van der Waals surface area contributed by atoms with Crippen LogP contribution in [0, 0.1) is 0 Å². The first-order valence-electron chi connectivity index (χ1n) is 4.37. The summed E-state index contributed by atoms with van der Waals surface area (Å²) < 4.78 is 9.71. The zero-order valence-electron chi connectivity index (χ0n) is 8.18. The minimum absolute atomic E-state index is 0.0142. The molecule has 1 atom stereocenters. The van der Waals surface area contributed by atoms with Gasteiger partial charge in [0.2, 0.25) is 0 Å². The normalized spacial score (nSPS) is 13.1. The van der Waals surface area contributed by atoms with Gasteiger partial charge in [-0.1, -0.05) is 6.08 Å². The summed E-state index contributed by atoms with van der Waals surface area (Å²) in [7, 11) is 0. The van der Waals surface area contributed by atoms with E-state index in [1.54, 1.807) is 13.0 Å². The first-order valence-corrected chi connectivity index (χ1v) is 4.37. The summed E-state index contributed by atoms with van der Waals surface area (Å²) in [5.74, 6) is -0.474. The average molecular weight is 204 g/mol. The fourth-order valence-electron chi connectivity index (χ4n) is 0.732. The van der Waals surface area contributed by atoms with E-state index in [4.69, 9.17) is 19.7 Å². The summed E-state index contributed by atoms with van der Waals surface area (Å²) in [6.07, 6.45) is 2.27. The lowest BCUT2D eigenvalue weighted by Crippen LogP contribution is -2.26. The molecule has 0 aromatic heterocycles. The lowest BCUT2D eigenvalue weighted by Gasteiger charge is -2.13. The molecule has 0 aromatic rings. The maximum Gasteiger partial charge on any atom is 0.330 e. The molecule has 0 aliphatic heterocycles. The predicted octanol–water partition coefficient (Wildman–Crippen LogP) is -0.525. The molecule has 0 fully saturated rings. The molecular weight excluding hydrogens is 188 g/mol. The maximum atomic E-state index is 10.8. The Kier molecular flexibility index (Phi) is 8.11. The van der Waals surface area contributed by atoms with Crippen LogP contribution in [0.15, 0.2) is 12.2 Å². The van der Waals surface area contributed by atoms with Gasteiger partial charge in [-0.3, -0.25) is 0 Å². The highest BCUT2D eigenvalue weighted by Crippen LogP contribution is 1.93. The van der Waals surface area contributed by atoms with Gasteiger partial charge in [0.05, 0.1) is 19.8 Å². The number of carbonyl (C=O) groups excluding carboxylic acids is 1. The first kappa shape index (κ1) is 13.1. The van der Waals surface area contributed by atoms with Crippen LogP contribution in [0.1, 0.15) is 6.92 Å². The molecule has 0 rings (SSSR count). The Morgan fingerprint density at radius 3 is 2.71 bits per heavy atom. The molecule has 2 N–H and O–H groups in total. The molecular formula is C9H16O5. The molecule has 0 spiro atoms. The molecule has 0 saturated heterocycles. The van der Waals surface area contributed by atoms with Crippen LogP contribution in [-0.4, -0.2) is 48.7 Å². The smallest absolute Gasteiger partial charge is 0.330 e. The molecule has 5 heteroatoms. The third-order valence-electron chi connectivity index (χ3n) is 1.36. The summed E-state index contributed by atoms with van der Waals surface area (Å²) in [4.78, 5) is 10.8. The number of esters is 1. The fraction of sp³-hybridized carbons (Fsp3) is 0.667. The highest BCUT2D eigenvalue weighted by atomic mass is 16.6. The number of aliphatic hydroxyl groups is 2. The van der Waals surface area contributed by atoms with E-state index in [1.165, 1.54) is 6.08 Å². The van der Waals surface area contributed by atoms with E-state index in [-0.39, 0.29) is 26.4 Å². The van der Waals surface area contributed by atoms with Crippen LogP contribution in [0.2, 0.25) is 0 Å². The van der Waals surface area contributed by atoms with Crippen LogP contribution < -0.4 is 0 Å². The number of carbonyl (C=O) groups is 1. The molecule has 0 heterocycles. The van der Waals surface area contributed by atoms with Crippen molar-refractivity contribution in [1.29, 1.82) is 0 Å². The standard InChI is InChI=1S/C9H16O5/c1-2-3-9(12)14-7-8(6-11)13-5-4-10/h2-3,8,10-11H,4-7H2,1H3. The summed E-state index contributed by atoms with van der Waals surface area (Å²) >= 11 is 0. The average Bonchev–Trinajstić information content (AvgIpc) is 2.19. The van der Waals surface area contributed by atoms with Crippen LogP contribution in [0.25, 0.3) is 0 Å². The number of allylic oxidation sites excluding steroid dienone is 1. The predicted molar refractivity (Wildman–Crippen MR) is 49.7 cm³/mol. The highest BCUT2D eigenvalue weighted by molar-refractivity contribution is 5.81. The van der Waals surface area contributed by atoms with Gasteiger partial charge < -0.3 is 19.7 Å². The molecule has 14 heavy (non-hydrogen) atoms. The number of ether oxygens (including phenoxy) is 2. The molecule has 1 unspecified atom stereocenters. The van der Waals surface area contributed by atoms with Crippen LogP contribution in [0.5, 0.6) is 0 Å². The zero-order valence-corrected chi connectivity index (χ0v) is 8.18. The van der Waals surface area contributed by atoms with Crippen molar-refractivity contribution in [3.63, 3.8) is 0 Å². The summed E-state index contributed by atoms with van der Waals surface area (Å²) in [5, 5.41) is 17.2. The summed E-state index contributed by atoms with van der Waals surface area (Å²) in [6, 6.07) is 0. The first-order chi connectivity index (χ1) is 6.74. The van der Waals surface area contributed by atoms with Crippen molar-refractivity contribution in [2.75, 3.05) is 26.4 Å². The monoisotopic (exact) mass is 204 g/mol. The SMILES string of the molecule is CC=CC(=O)OCC(CO)OCCO. The van der Waals surface area contributed by atoms with Crippen LogP contribution >= 0.6 is 0 Å². The quantitative estimate of drug-likeness (QED) is 0.431. The Bertz CT molecular complexity index is 178. The Balaban J connectivity index is 3.66. The third kappa shape index (κ3) is 6.59. The molecule has 82 valence electrons. The number of rotatable bonds is 7. The Hall–Kier alpha value is -0.910. The second-order valence-electron chi connectivity index (χ2n) is 2.53. The Morgan fingerprint density at radius 2 is 2.21 bits per heavy atom. The van der Waals surface area contributed by atoms with Crippen molar-refractivity contribution < 1.29 is 24.5 Å². The van der Waals surface area contributed by atoms with Gasteiger partial charge in [-0.05, 0) is 6.92 Å². The summed E-state index contributed by atoms with van der Waals surface area (Å²) in [6.45, 7) is 1.43. The van der Waals surface area contributed by atoms with E-state index < -0.39 is 12.1 Å². The second-order valence-corrected chi connectivity index (χ2v) is 2.53. The molecule has 0 bridgehead atoms. The highest BCUT2D eigenvalue weighted by Gasteiger charge is 2.09. The van der Waals surface area contributed by atoms with Gasteiger partial charge in [0, 0.05) is 6.08 Å². The van der Waals surface area contributed by atoms with Gasteiger partial charge in [0.15, 0.2) is 0 Å². The van der Waals surface area contributed by atoms with Crippen molar-refractivity contribution >= 4 is 5.97 Å². The van der Waals surface area contributed by atoms with Gasteiger partial charge >= 0.3 is 5.97 Å². The van der Waals surface area contributed by atoms with Crippen LogP contribution in [0.3, 0.4) is 0 Å². The van der Waals surface area contributed by atoms with Gasteiger partial charge in [0.25, 0.3) is 0 Å². The minimum atomic E-state index is -0.573. The summed E-state index contributed by atoms with van der Waals surface area (Å²) in [5.41, 5.74) is 0. The Labute approximate surface area is 82.9 Å². The zero-order chi connectivity index (χ0) is 10.8. The van der Waals surface area contributed by atoms with Crippen molar-refractivity contribution in [3.05, 3.63) is 12.2 Å².